The molecule has 0 unspecified atom stereocenters. The molecule has 0 radical (unpaired) electrons. The zero-order valence-corrected chi connectivity index (χ0v) is 19.3. The number of hydrogen-bond acceptors (Lipinski definition) is 7. The molecule has 6 rings (SSSR count). The highest BCUT2D eigenvalue weighted by Gasteiger charge is 2.36. The van der Waals surface area contributed by atoms with Crippen molar-refractivity contribution in [2.75, 3.05) is 7.11 Å². The van der Waals surface area contributed by atoms with Crippen molar-refractivity contribution in [1.29, 1.82) is 5.26 Å². The van der Waals surface area contributed by atoms with Crippen LogP contribution in [-0.2, 0) is 6.54 Å². The highest BCUT2D eigenvalue weighted by Crippen LogP contribution is 2.46. The summed E-state index contributed by atoms with van der Waals surface area (Å²) in [7, 11) is 1.63. The van der Waals surface area contributed by atoms with Crippen LogP contribution in [0.4, 0.5) is 0 Å². The van der Waals surface area contributed by atoms with E-state index in [1.54, 1.807) is 7.11 Å². The Morgan fingerprint density at radius 1 is 1.11 bits per heavy atom. The van der Waals surface area contributed by atoms with E-state index in [2.05, 4.69) is 26.6 Å². The fraction of sp³-hybridized carbons (Fsp3) is 0.111. The van der Waals surface area contributed by atoms with E-state index in [0.29, 0.717) is 23.7 Å². The number of aromatic amines is 1. The molecule has 0 fully saturated rings. The van der Waals surface area contributed by atoms with Gasteiger partial charge in [0.15, 0.2) is 0 Å². The van der Waals surface area contributed by atoms with Gasteiger partial charge in [-0.15, -0.1) is 10.2 Å². The van der Waals surface area contributed by atoms with Gasteiger partial charge in [0.2, 0.25) is 11.8 Å². The average molecular weight is 476 g/mol. The van der Waals surface area contributed by atoms with E-state index >= 15 is 0 Å². The molecule has 0 saturated heterocycles. The minimum atomic E-state index is -0.482. The maximum absolute atomic E-state index is 10.1. The molecule has 9 heteroatoms. The number of nitrogens with two attached hydrogens (primary N) is 1. The Kier molecular flexibility index (Phi) is 5.12. The molecule has 0 bridgehead atoms. The quantitative estimate of drug-likeness (QED) is 0.392. The molecular formula is C27H21N7O2. The molecule has 176 valence electrons. The third-order valence-electron chi connectivity index (χ3n) is 6.38. The van der Waals surface area contributed by atoms with E-state index in [4.69, 9.17) is 15.2 Å². The van der Waals surface area contributed by atoms with E-state index in [9.17, 15) is 5.26 Å². The molecule has 0 aliphatic carbocycles. The average Bonchev–Trinajstić information content (AvgIpc) is 3.52. The molecule has 3 heterocycles. The first-order chi connectivity index (χ1) is 17.7. The Morgan fingerprint density at radius 2 is 1.92 bits per heavy atom. The Bertz CT molecular complexity index is 1660. The lowest BCUT2D eigenvalue weighted by Gasteiger charge is -2.25. The molecule has 2 aromatic heterocycles. The molecule has 3 aromatic carbocycles. The van der Waals surface area contributed by atoms with Gasteiger partial charge in [-0.2, -0.15) is 5.26 Å². The topological polar surface area (TPSA) is 128 Å². The maximum atomic E-state index is 10.1. The number of nitrogens with zero attached hydrogens (tertiary/aromatic N) is 5. The number of H-pyrrole nitrogens is 1. The third-order valence-corrected chi connectivity index (χ3v) is 6.38. The zero-order valence-electron chi connectivity index (χ0n) is 19.3. The van der Waals surface area contributed by atoms with Crippen LogP contribution >= 0.6 is 0 Å². The highest BCUT2D eigenvalue weighted by atomic mass is 16.5. The van der Waals surface area contributed by atoms with Gasteiger partial charge < -0.3 is 15.2 Å². The van der Waals surface area contributed by atoms with E-state index in [1.165, 1.54) is 0 Å². The van der Waals surface area contributed by atoms with Crippen LogP contribution in [-0.4, -0.2) is 32.3 Å². The van der Waals surface area contributed by atoms with Crippen LogP contribution in [0.2, 0.25) is 0 Å². The van der Waals surface area contributed by atoms with Crippen molar-refractivity contribution in [3.05, 3.63) is 101 Å². The Hall–Kier alpha value is -5.10. The van der Waals surface area contributed by atoms with Gasteiger partial charge in [-0.25, -0.2) is 4.68 Å². The van der Waals surface area contributed by atoms with Crippen LogP contribution < -0.4 is 15.2 Å². The van der Waals surface area contributed by atoms with E-state index in [1.807, 2.05) is 77.5 Å². The zero-order chi connectivity index (χ0) is 24.6. The molecule has 1 aliphatic heterocycles. The fourth-order valence-electron chi connectivity index (χ4n) is 4.70. The van der Waals surface area contributed by atoms with Crippen LogP contribution in [0, 0.1) is 11.3 Å². The summed E-state index contributed by atoms with van der Waals surface area (Å²) in [6, 6.07) is 25.7. The van der Waals surface area contributed by atoms with Crippen LogP contribution in [0.3, 0.4) is 0 Å². The van der Waals surface area contributed by atoms with E-state index in [0.717, 1.165) is 39.0 Å². The number of nitrogens with one attached hydrogen (secondary N) is 1. The fourth-order valence-corrected chi connectivity index (χ4v) is 4.70. The number of methoxy groups -OCH3 is 1. The summed E-state index contributed by atoms with van der Waals surface area (Å²) in [5.74, 6) is 0.622. The standard InChI is InChI=1S/C27H21N7O2/c1-35-22-12-11-17(13-18(22)15-34-21-10-6-5-9-20(21)30-33-34)23-19(14-28)26(29)36-27-24(23)25(31-32-27)16-7-3-2-4-8-16/h2-13,23H,15,29H2,1H3,(H,31,32)/t23-/m0/s1. The van der Waals surface area contributed by atoms with Gasteiger partial charge in [-0.1, -0.05) is 53.7 Å². The summed E-state index contributed by atoms with van der Waals surface area (Å²) < 4.78 is 13.2. The number of ether oxygens (including phenoxy) is 2. The molecule has 9 nitrogen and oxygen atoms in total. The predicted octanol–water partition coefficient (Wildman–Crippen LogP) is 4.10. The molecule has 0 saturated carbocycles. The van der Waals surface area contributed by atoms with Gasteiger partial charge in [0, 0.05) is 5.56 Å². The number of hydrogen-bond donors (Lipinski definition) is 2. The van der Waals surface area contributed by atoms with Crippen molar-refractivity contribution in [2.24, 2.45) is 5.73 Å². The number of aromatic nitrogens is 5. The van der Waals surface area contributed by atoms with Crippen LogP contribution in [0.15, 0.2) is 84.3 Å². The number of benzene rings is 3. The van der Waals surface area contributed by atoms with Gasteiger partial charge in [0.05, 0.1) is 36.3 Å². The Labute approximate surface area is 206 Å². The van der Waals surface area contributed by atoms with E-state index in [-0.39, 0.29) is 5.88 Å². The summed E-state index contributed by atoms with van der Waals surface area (Å²) in [5.41, 5.74) is 12.4. The molecule has 36 heavy (non-hydrogen) atoms. The summed E-state index contributed by atoms with van der Waals surface area (Å²) in [6.07, 6.45) is 0. The van der Waals surface area contributed by atoms with Crippen molar-refractivity contribution < 1.29 is 9.47 Å². The minimum Gasteiger partial charge on any atom is -0.496 e. The number of nitriles is 1. The van der Waals surface area contributed by atoms with Gasteiger partial charge in [-0.05, 0) is 35.4 Å². The van der Waals surface area contributed by atoms with Crippen LogP contribution in [0.5, 0.6) is 11.6 Å². The third kappa shape index (κ3) is 3.44. The van der Waals surface area contributed by atoms with Crippen molar-refractivity contribution in [2.45, 2.75) is 12.5 Å². The molecular weight excluding hydrogens is 454 g/mol. The first-order valence-electron chi connectivity index (χ1n) is 11.3. The second-order valence-electron chi connectivity index (χ2n) is 8.42. The maximum Gasteiger partial charge on any atom is 0.244 e. The van der Waals surface area contributed by atoms with Crippen molar-refractivity contribution in [1.82, 2.24) is 25.2 Å². The Balaban J connectivity index is 1.50. The molecule has 1 aliphatic rings. The number of rotatable bonds is 5. The summed E-state index contributed by atoms with van der Waals surface area (Å²) in [4.78, 5) is 0. The monoisotopic (exact) mass is 475 g/mol. The van der Waals surface area contributed by atoms with Crippen molar-refractivity contribution in [3.63, 3.8) is 0 Å². The number of allylic oxidation sites excluding steroid dienone is 1. The van der Waals surface area contributed by atoms with E-state index < -0.39 is 5.92 Å². The van der Waals surface area contributed by atoms with Crippen LogP contribution in [0.25, 0.3) is 22.3 Å². The lowest BCUT2D eigenvalue weighted by Crippen LogP contribution is -2.21. The number of fused-ring (bicyclic) bond motifs is 2. The normalized spacial score (nSPS) is 14.8. The predicted molar refractivity (Wildman–Crippen MR) is 133 cm³/mol. The molecule has 0 amide bonds. The SMILES string of the molecule is COc1ccc([C@H]2C(C#N)=C(N)Oc3n[nH]c(-c4ccccc4)c32)cc1Cn1nnc2ccccc21. The smallest absolute Gasteiger partial charge is 0.244 e. The molecule has 3 N–H and O–H groups in total. The van der Waals surface area contributed by atoms with Crippen molar-refractivity contribution in [3.8, 4) is 29.0 Å². The number of para-hydroxylation sites is 1. The largest absolute Gasteiger partial charge is 0.496 e. The second kappa shape index (κ2) is 8.60. The van der Waals surface area contributed by atoms with Gasteiger partial charge in [-0.3, -0.25) is 5.10 Å². The second-order valence-corrected chi connectivity index (χ2v) is 8.42. The summed E-state index contributed by atoms with van der Waals surface area (Å²) in [5, 5.41) is 26.1. The first-order valence-corrected chi connectivity index (χ1v) is 11.3. The molecule has 0 spiro atoms. The lowest BCUT2D eigenvalue weighted by molar-refractivity contribution is 0.378. The molecule has 1 atom stereocenters. The van der Waals surface area contributed by atoms with Gasteiger partial charge in [0.25, 0.3) is 0 Å². The van der Waals surface area contributed by atoms with Crippen LogP contribution in [0.1, 0.15) is 22.6 Å². The van der Waals surface area contributed by atoms with Gasteiger partial charge in [0.1, 0.15) is 22.9 Å². The lowest BCUT2D eigenvalue weighted by atomic mass is 9.82. The Morgan fingerprint density at radius 3 is 2.72 bits per heavy atom. The summed E-state index contributed by atoms with van der Waals surface area (Å²) in [6.45, 7) is 0.436. The highest BCUT2D eigenvalue weighted by molar-refractivity contribution is 5.74. The summed E-state index contributed by atoms with van der Waals surface area (Å²) >= 11 is 0. The molecule has 5 aromatic rings. The van der Waals surface area contributed by atoms with Crippen molar-refractivity contribution >= 4 is 11.0 Å². The minimum absolute atomic E-state index is 0.0424. The van der Waals surface area contributed by atoms with Gasteiger partial charge >= 0.3 is 0 Å². The first kappa shape index (κ1) is 21.4.